The molecule has 0 spiro atoms. The molecule has 1 aromatic heterocycles. The van der Waals surface area contributed by atoms with Gasteiger partial charge in [0.05, 0.1) is 5.56 Å². The van der Waals surface area contributed by atoms with E-state index < -0.39 is 17.7 Å². The summed E-state index contributed by atoms with van der Waals surface area (Å²) in [5.74, 6) is -0.595. The zero-order chi connectivity index (χ0) is 18.0. The summed E-state index contributed by atoms with van der Waals surface area (Å²) >= 11 is 0. The van der Waals surface area contributed by atoms with E-state index in [0.717, 1.165) is 12.1 Å². The highest BCUT2D eigenvalue weighted by Crippen LogP contribution is 2.32. The average Bonchev–Trinajstić information content (AvgIpc) is 2.61. The Balaban J connectivity index is 1.67. The molecule has 6 nitrogen and oxygen atoms in total. The lowest BCUT2D eigenvalue weighted by molar-refractivity contribution is -0.137. The van der Waals surface area contributed by atoms with Crippen molar-refractivity contribution in [2.45, 2.75) is 6.18 Å². The van der Waals surface area contributed by atoms with Crippen LogP contribution in [0, 0.1) is 0 Å². The summed E-state index contributed by atoms with van der Waals surface area (Å²) in [7, 11) is 0. The van der Waals surface area contributed by atoms with Crippen molar-refractivity contribution in [2.75, 3.05) is 36.0 Å². The van der Waals surface area contributed by atoms with Crippen molar-refractivity contribution in [3.63, 3.8) is 0 Å². The third-order valence-electron chi connectivity index (χ3n) is 4.01. The minimum absolute atomic E-state index is 0.133. The van der Waals surface area contributed by atoms with Crippen molar-refractivity contribution in [3.8, 4) is 0 Å². The second-order valence-electron chi connectivity index (χ2n) is 5.60. The highest BCUT2D eigenvalue weighted by atomic mass is 19.4. The SMILES string of the molecule is O=C(O)c1ccc(N2CCN(c3cccc(C(F)(F)F)c3)CC2)nn1. The minimum atomic E-state index is -4.36. The molecule has 2 heterocycles. The number of hydrogen-bond donors (Lipinski definition) is 1. The second kappa shape index (κ2) is 6.58. The summed E-state index contributed by atoms with van der Waals surface area (Å²) in [5.41, 5.74) is -0.268. The molecule has 1 aliphatic rings. The first-order valence-electron chi connectivity index (χ1n) is 7.59. The summed E-state index contributed by atoms with van der Waals surface area (Å²) in [6.07, 6.45) is -4.36. The summed E-state index contributed by atoms with van der Waals surface area (Å²) in [4.78, 5) is 14.6. The van der Waals surface area contributed by atoms with Crippen LogP contribution in [0.2, 0.25) is 0 Å². The van der Waals surface area contributed by atoms with Gasteiger partial charge >= 0.3 is 12.1 Å². The summed E-state index contributed by atoms with van der Waals surface area (Å²) < 4.78 is 38.5. The molecule has 0 unspecified atom stereocenters. The smallest absolute Gasteiger partial charge is 0.416 e. The van der Waals surface area contributed by atoms with Gasteiger partial charge in [-0.3, -0.25) is 0 Å². The monoisotopic (exact) mass is 352 g/mol. The fraction of sp³-hybridized carbons (Fsp3) is 0.312. The maximum atomic E-state index is 12.8. The molecule has 0 radical (unpaired) electrons. The van der Waals surface area contributed by atoms with Gasteiger partial charge in [-0.25, -0.2) is 4.79 Å². The van der Waals surface area contributed by atoms with Crippen LogP contribution in [0.3, 0.4) is 0 Å². The summed E-state index contributed by atoms with van der Waals surface area (Å²) in [5, 5.41) is 16.4. The number of hydrogen-bond acceptors (Lipinski definition) is 5. The number of benzene rings is 1. The highest BCUT2D eigenvalue weighted by molar-refractivity contribution is 5.85. The van der Waals surface area contributed by atoms with Gasteiger partial charge in [-0.05, 0) is 30.3 Å². The number of alkyl halides is 3. The minimum Gasteiger partial charge on any atom is -0.476 e. The van der Waals surface area contributed by atoms with E-state index in [1.54, 1.807) is 12.1 Å². The molecule has 1 N–H and O–H groups in total. The van der Waals surface area contributed by atoms with Crippen LogP contribution < -0.4 is 9.80 Å². The van der Waals surface area contributed by atoms with Crippen LogP contribution in [-0.2, 0) is 6.18 Å². The number of aromatic carboxylic acids is 1. The van der Waals surface area contributed by atoms with Gasteiger partial charge in [-0.1, -0.05) is 6.07 Å². The highest BCUT2D eigenvalue weighted by Gasteiger charge is 2.31. The Morgan fingerprint density at radius 1 is 1.00 bits per heavy atom. The molecule has 0 atom stereocenters. The van der Waals surface area contributed by atoms with Gasteiger partial charge in [0.2, 0.25) is 0 Å². The molecule has 2 aromatic rings. The van der Waals surface area contributed by atoms with Crippen molar-refractivity contribution < 1.29 is 23.1 Å². The zero-order valence-corrected chi connectivity index (χ0v) is 13.1. The van der Waals surface area contributed by atoms with E-state index in [1.807, 2.05) is 9.80 Å². The lowest BCUT2D eigenvalue weighted by Crippen LogP contribution is -2.47. The molecule has 1 saturated heterocycles. The number of piperazine rings is 1. The molecule has 1 aliphatic heterocycles. The largest absolute Gasteiger partial charge is 0.476 e. The van der Waals surface area contributed by atoms with E-state index in [-0.39, 0.29) is 5.69 Å². The fourth-order valence-electron chi connectivity index (χ4n) is 2.68. The maximum absolute atomic E-state index is 12.8. The molecular formula is C16H15F3N4O2. The fourth-order valence-corrected chi connectivity index (χ4v) is 2.68. The van der Waals surface area contributed by atoms with Crippen LogP contribution in [0.25, 0.3) is 0 Å². The molecule has 1 aromatic carbocycles. The molecule has 1 fully saturated rings. The Labute approximate surface area is 141 Å². The van der Waals surface area contributed by atoms with Crippen molar-refractivity contribution in [2.24, 2.45) is 0 Å². The molecule has 3 rings (SSSR count). The predicted octanol–water partition coefficient (Wildman–Crippen LogP) is 2.52. The summed E-state index contributed by atoms with van der Waals surface area (Å²) in [6, 6.07) is 8.23. The normalized spacial score (nSPS) is 15.3. The first-order chi connectivity index (χ1) is 11.8. The molecule has 0 saturated carbocycles. The van der Waals surface area contributed by atoms with Crippen molar-refractivity contribution in [1.82, 2.24) is 10.2 Å². The number of carboxylic acid groups (broad SMARTS) is 1. The Morgan fingerprint density at radius 2 is 1.68 bits per heavy atom. The number of rotatable bonds is 3. The van der Waals surface area contributed by atoms with Crippen molar-refractivity contribution >= 4 is 17.5 Å². The molecular weight excluding hydrogens is 337 g/mol. The lowest BCUT2D eigenvalue weighted by Gasteiger charge is -2.36. The van der Waals surface area contributed by atoms with E-state index in [9.17, 15) is 18.0 Å². The van der Waals surface area contributed by atoms with Gasteiger partial charge < -0.3 is 14.9 Å². The Kier molecular flexibility index (Phi) is 4.47. The number of carboxylic acids is 1. The maximum Gasteiger partial charge on any atom is 0.416 e. The Bertz CT molecular complexity index is 757. The van der Waals surface area contributed by atoms with Gasteiger partial charge in [-0.15, -0.1) is 10.2 Å². The molecule has 9 heteroatoms. The van der Waals surface area contributed by atoms with E-state index in [2.05, 4.69) is 10.2 Å². The summed E-state index contributed by atoms with van der Waals surface area (Å²) in [6.45, 7) is 2.17. The number of carbonyl (C=O) groups is 1. The van der Waals surface area contributed by atoms with Crippen LogP contribution in [-0.4, -0.2) is 47.5 Å². The first kappa shape index (κ1) is 17.0. The van der Waals surface area contributed by atoms with Gasteiger partial charge in [-0.2, -0.15) is 13.2 Å². The van der Waals surface area contributed by atoms with Crippen molar-refractivity contribution in [3.05, 3.63) is 47.7 Å². The Hall–Kier alpha value is -2.84. The standard InChI is InChI=1S/C16H15F3N4O2/c17-16(18,19)11-2-1-3-12(10-11)22-6-8-23(9-7-22)14-5-4-13(15(24)25)20-21-14/h1-5,10H,6-9H2,(H,24,25). The van der Waals surface area contributed by atoms with Gasteiger partial charge in [0, 0.05) is 31.9 Å². The van der Waals surface area contributed by atoms with Crippen LogP contribution in [0.1, 0.15) is 16.1 Å². The molecule has 132 valence electrons. The van der Waals surface area contributed by atoms with E-state index in [4.69, 9.17) is 5.11 Å². The third-order valence-corrected chi connectivity index (χ3v) is 4.01. The van der Waals surface area contributed by atoms with Crippen LogP contribution >= 0.6 is 0 Å². The van der Waals surface area contributed by atoms with Crippen LogP contribution in [0.4, 0.5) is 24.7 Å². The van der Waals surface area contributed by atoms with E-state index in [1.165, 1.54) is 12.1 Å². The molecule has 25 heavy (non-hydrogen) atoms. The Morgan fingerprint density at radius 3 is 2.24 bits per heavy atom. The molecule has 0 amide bonds. The number of nitrogens with zero attached hydrogens (tertiary/aromatic N) is 4. The zero-order valence-electron chi connectivity index (χ0n) is 13.1. The van der Waals surface area contributed by atoms with Crippen LogP contribution in [0.15, 0.2) is 36.4 Å². The average molecular weight is 352 g/mol. The van der Waals surface area contributed by atoms with Crippen molar-refractivity contribution in [1.29, 1.82) is 0 Å². The quantitative estimate of drug-likeness (QED) is 0.915. The first-order valence-corrected chi connectivity index (χ1v) is 7.59. The van der Waals surface area contributed by atoms with Crippen LogP contribution in [0.5, 0.6) is 0 Å². The van der Waals surface area contributed by atoms with E-state index in [0.29, 0.717) is 37.7 Å². The topological polar surface area (TPSA) is 69.6 Å². The van der Waals surface area contributed by atoms with Gasteiger partial charge in [0.25, 0.3) is 0 Å². The second-order valence-corrected chi connectivity index (χ2v) is 5.60. The van der Waals surface area contributed by atoms with E-state index >= 15 is 0 Å². The molecule has 0 bridgehead atoms. The number of aromatic nitrogens is 2. The number of halogens is 3. The van der Waals surface area contributed by atoms with Gasteiger partial charge in [0.1, 0.15) is 0 Å². The third kappa shape index (κ3) is 3.81. The molecule has 0 aliphatic carbocycles. The predicted molar refractivity (Wildman–Crippen MR) is 84.9 cm³/mol. The number of anilines is 2. The van der Waals surface area contributed by atoms with Gasteiger partial charge in [0.15, 0.2) is 11.5 Å². The lowest BCUT2D eigenvalue weighted by atomic mass is 10.1.